The second kappa shape index (κ2) is 7.03. The maximum absolute atomic E-state index is 13.2. The van der Waals surface area contributed by atoms with Crippen LogP contribution in [0.3, 0.4) is 0 Å². The van der Waals surface area contributed by atoms with E-state index in [0.717, 1.165) is 22.4 Å². The largest absolute Gasteiger partial charge is 0.325 e. The van der Waals surface area contributed by atoms with Gasteiger partial charge >= 0.3 is 0 Å². The highest BCUT2D eigenvalue weighted by molar-refractivity contribution is 7.17. The molecule has 4 aromatic rings. The van der Waals surface area contributed by atoms with Gasteiger partial charge in [0.2, 0.25) is 5.91 Å². The number of hydrogen-bond acceptors (Lipinski definition) is 5. The van der Waals surface area contributed by atoms with E-state index in [1.807, 2.05) is 35.7 Å². The normalized spacial score (nSPS) is 15.2. The van der Waals surface area contributed by atoms with Crippen LogP contribution in [0.25, 0.3) is 21.3 Å². The number of hydrogen-bond donors (Lipinski definition) is 1. The number of Topliss-reactive ketones (excluding diaryl/α,β-unsaturated/α-hetero) is 1. The number of fused-ring (bicyclic) bond motifs is 2. The molecule has 1 aliphatic heterocycles. The molecule has 2 aromatic heterocycles. The minimum absolute atomic E-state index is 0.0774. The van der Waals surface area contributed by atoms with Crippen molar-refractivity contribution in [2.24, 2.45) is 0 Å². The topological polar surface area (TPSA) is 81.1 Å². The number of nitrogens with zero attached hydrogens (tertiary/aromatic N) is 2. The number of ketones is 1. The molecule has 0 fully saturated rings. The average Bonchev–Trinajstić information content (AvgIpc) is 3.32. The van der Waals surface area contributed by atoms with Crippen LogP contribution in [0, 0.1) is 0 Å². The molecule has 30 heavy (non-hydrogen) atoms. The van der Waals surface area contributed by atoms with E-state index in [1.165, 1.54) is 22.2 Å². The maximum Gasteiger partial charge on any atom is 0.263 e. The second-order valence-electron chi connectivity index (χ2n) is 7.31. The summed E-state index contributed by atoms with van der Waals surface area (Å²) in [4.78, 5) is 42.9. The minimum Gasteiger partial charge on any atom is -0.325 e. The van der Waals surface area contributed by atoms with Gasteiger partial charge in [-0.05, 0) is 36.2 Å². The zero-order valence-electron chi connectivity index (χ0n) is 16.1. The Bertz CT molecular complexity index is 1370. The third-order valence-electron chi connectivity index (χ3n) is 5.45. The van der Waals surface area contributed by atoms with E-state index in [9.17, 15) is 14.4 Å². The van der Waals surface area contributed by atoms with Crippen LogP contribution in [-0.2, 0) is 11.3 Å². The summed E-state index contributed by atoms with van der Waals surface area (Å²) in [6.07, 6.45) is 1.43. The average molecular weight is 415 g/mol. The van der Waals surface area contributed by atoms with E-state index in [2.05, 4.69) is 10.3 Å². The monoisotopic (exact) mass is 415 g/mol. The molecule has 0 saturated heterocycles. The summed E-state index contributed by atoms with van der Waals surface area (Å²) in [5, 5.41) is 5.25. The van der Waals surface area contributed by atoms with E-state index >= 15 is 0 Å². The van der Waals surface area contributed by atoms with Crippen molar-refractivity contribution in [2.75, 3.05) is 5.32 Å². The van der Waals surface area contributed by atoms with Crippen molar-refractivity contribution in [3.8, 4) is 11.1 Å². The molecular formula is C23H17N3O3S. The molecule has 0 spiro atoms. The van der Waals surface area contributed by atoms with Crippen molar-refractivity contribution in [2.45, 2.75) is 19.4 Å². The number of nitrogens with one attached hydrogen (secondary N) is 1. The van der Waals surface area contributed by atoms with E-state index in [0.29, 0.717) is 15.8 Å². The molecule has 0 saturated carbocycles. The Kier molecular flexibility index (Phi) is 4.33. The Morgan fingerprint density at radius 2 is 1.97 bits per heavy atom. The van der Waals surface area contributed by atoms with Crippen LogP contribution < -0.4 is 10.9 Å². The first kappa shape index (κ1) is 18.4. The van der Waals surface area contributed by atoms with Crippen LogP contribution in [0.2, 0.25) is 0 Å². The predicted molar refractivity (Wildman–Crippen MR) is 117 cm³/mol. The molecule has 0 aliphatic carbocycles. The van der Waals surface area contributed by atoms with Crippen molar-refractivity contribution in [1.82, 2.24) is 9.55 Å². The molecule has 1 amide bonds. The van der Waals surface area contributed by atoms with E-state index in [-0.39, 0.29) is 29.7 Å². The first-order valence-electron chi connectivity index (χ1n) is 9.53. The number of carbonyl (C=O) groups excluding carboxylic acids is 2. The van der Waals surface area contributed by atoms with Gasteiger partial charge in [0.1, 0.15) is 4.83 Å². The molecule has 1 aliphatic rings. The molecule has 1 N–H and O–H groups in total. The van der Waals surface area contributed by atoms with Crippen LogP contribution in [0.15, 0.2) is 65.0 Å². The molecule has 1 atom stereocenters. The summed E-state index contributed by atoms with van der Waals surface area (Å²) in [6.45, 7) is 1.69. The van der Waals surface area contributed by atoms with Crippen LogP contribution >= 0.6 is 11.3 Å². The fourth-order valence-electron chi connectivity index (χ4n) is 3.75. The summed E-state index contributed by atoms with van der Waals surface area (Å²) in [6, 6.07) is 14.8. The summed E-state index contributed by atoms with van der Waals surface area (Å²) in [5.74, 6) is -0.580. The van der Waals surface area contributed by atoms with Crippen LogP contribution in [0.1, 0.15) is 28.8 Å². The Morgan fingerprint density at radius 1 is 1.17 bits per heavy atom. The number of thiophene rings is 1. The second-order valence-corrected chi connectivity index (χ2v) is 8.17. The van der Waals surface area contributed by atoms with E-state index in [4.69, 9.17) is 0 Å². The van der Waals surface area contributed by atoms with Gasteiger partial charge in [-0.2, -0.15) is 0 Å². The van der Waals surface area contributed by atoms with Gasteiger partial charge in [-0.3, -0.25) is 19.0 Å². The standard InChI is InChI=1S/C23H17N3O3S/c1-13-16-9-15(7-8-18(16)25-21(13)28)19(27)10-26-12-24-22-20(23(26)29)17(11-30-22)14-5-3-2-4-6-14/h2-9,11-13H,10H2,1H3,(H,25,28)/t13-/m1/s1. The SMILES string of the molecule is C[C@H]1C(=O)Nc2ccc(C(=O)Cn3cnc4scc(-c5ccccc5)c4c3=O)cc21. The van der Waals surface area contributed by atoms with Crippen LogP contribution in [-0.4, -0.2) is 21.2 Å². The molecule has 2 aromatic carbocycles. The lowest BCUT2D eigenvalue weighted by atomic mass is 9.99. The summed E-state index contributed by atoms with van der Waals surface area (Å²) < 4.78 is 1.35. The van der Waals surface area contributed by atoms with E-state index < -0.39 is 0 Å². The number of anilines is 1. The van der Waals surface area contributed by atoms with Gasteiger partial charge in [0.05, 0.1) is 24.2 Å². The van der Waals surface area contributed by atoms with Crippen molar-refractivity contribution in [1.29, 1.82) is 0 Å². The lowest BCUT2D eigenvalue weighted by molar-refractivity contribution is -0.116. The summed E-state index contributed by atoms with van der Waals surface area (Å²) in [7, 11) is 0. The maximum atomic E-state index is 13.2. The van der Waals surface area contributed by atoms with Crippen molar-refractivity contribution in [3.05, 3.63) is 81.7 Å². The van der Waals surface area contributed by atoms with Crippen molar-refractivity contribution >= 4 is 38.9 Å². The first-order valence-corrected chi connectivity index (χ1v) is 10.4. The Morgan fingerprint density at radius 3 is 2.77 bits per heavy atom. The van der Waals surface area contributed by atoms with Gasteiger partial charge in [0, 0.05) is 22.2 Å². The molecule has 0 bridgehead atoms. The zero-order chi connectivity index (χ0) is 20.8. The van der Waals surface area contributed by atoms with E-state index in [1.54, 1.807) is 25.1 Å². The number of carbonyl (C=O) groups is 2. The molecule has 6 nitrogen and oxygen atoms in total. The van der Waals surface area contributed by atoms with Crippen molar-refractivity contribution < 1.29 is 9.59 Å². The highest BCUT2D eigenvalue weighted by Crippen LogP contribution is 2.33. The Hall–Kier alpha value is -3.58. The molecule has 148 valence electrons. The highest BCUT2D eigenvalue weighted by Gasteiger charge is 2.27. The molecule has 5 rings (SSSR count). The third kappa shape index (κ3) is 2.95. The summed E-state index contributed by atoms with van der Waals surface area (Å²) >= 11 is 1.41. The van der Waals surface area contributed by atoms with Crippen molar-refractivity contribution in [3.63, 3.8) is 0 Å². The summed E-state index contributed by atoms with van der Waals surface area (Å²) in [5.41, 5.74) is 3.53. The van der Waals surface area contributed by atoms with Gasteiger partial charge in [-0.1, -0.05) is 30.3 Å². The number of aromatic nitrogens is 2. The quantitative estimate of drug-likeness (QED) is 0.510. The Balaban J connectivity index is 1.51. The van der Waals surface area contributed by atoms with Gasteiger partial charge in [0.25, 0.3) is 5.56 Å². The lowest BCUT2D eigenvalue weighted by Crippen LogP contribution is -2.24. The first-order chi connectivity index (χ1) is 14.5. The molecule has 0 radical (unpaired) electrons. The molecule has 3 heterocycles. The fourth-order valence-corrected chi connectivity index (χ4v) is 4.65. The minimum atomic E-state index is -0.298. The fraction of sp³-hybridized carbons (Fsp3) is 0.130. The highest BCUT2D eigenvalue weighted by atomic mass is 32.1. The van der Waals surface area contributed by atoms with Gasteiger partial charge in [0.15, 0.2) is 5.78 Å². The number of rotatable bonds is 4. The van der Waals surface area contributed by atoms with Crippen LogP contribution in [0.5, 0.6) is 0 Å². The Labute approximate surface area is 175 Å². The molecule has 7 heteroatoms. The van der Waals surface area contributed by atoms with Gasteiger partial charge in [-0.15, -0.1) is 11.3 Å². The zero-order valence-corrected chi connectivity index (χ0v) is 16.9. The molecular weight excluding hydrogens is 398 g/mol. The van der Waals surface area contributed by atoms with Gasteiger partial charge in [-0.25, -0.2) is 4.98 Å². The van der Waals surface area contributed by atoms with Crippen LogP contribution in [0.4, 0.5) is 5.69 Å². The lowest BCUT2D eigenvalue weighted by Gasteiger charge is -2.08. The number of benzene rings is 2. The smallest absolute Gasteiger partial charge is 0.263 e. The molecule has 0 unspecified atom stereocenters. The predicted octanol–water partition coefficient (Wildman–Crippen LogP) is 4.06. The number of amides is 1. The third-order valence-corrected chi connectivity index (χ3v) is 6.34. The van der Waals surface area contributed by atoms with Gasteiger partial charge < -0.3 is 5.32 Å².